The average Bonchev–Trinajstić information content (AvgIpc) is 2.89. The Morgan fingerprint density at radius 1 is 1.25 bits per heavy atom. The van der Waals surface area contributed by atoms with Gasteiger partial charge in [-0.3, -0.25) is 0 Å². The molecule has 1 aromatic carbocycles. The second kappa shape index (κ2) is 6.46. The summed E-state index contributed by atoms with van der Waals surface area (Å²) in [5, 5.41) is 9.59. The number of hydrogen-bond donors (Lipinski definition) is 1. The number of sulfonamides is 1. The monoisotopic (exact) mass is 349 g/mol. The minimum Gasteiger partial charge on any atom is -0.380 e. The Morgan fingerprint density at radius 2 is 1.90 bits per heavy atom. The van der Waals surface area contributed by atoms with Gasteiger partial charge in [-0.15, -0.1) is 11.3 Å². The number of thiophene rings is 1. The van der Waals surface area contributed by atoms with Crippen molar-refractivity contribution in [2.45, 2.75) is 13.3 Å². The average molecular weight is 350 g/mol. The van der Waals surface area contributed by atoms with Gasteiger partial charge in [-0.1, -0.05) is 23.4 Å². The van der Waals surface area contributed by atoms with Gasteiger partial charge in [0.2, 0.25) is 0 Å². The molecule has 2 rings (SSSR count). The Labute approximate surface area is 131 Å². The van der Waals surface area contributed by atoms with E-state index in [-0.39, 0.29) is 4.21 Å². The lowest BCUT2D eigenvalue weighted by Crippen LogP contribution is -2.26. The van der Waals surface area contributed by atoms with Crippen LogP contribution in [0.3, 0.4) is 0 Å². The summed E-state index contributed by atoms with van der Waals surface area (Å²) in [7, 11) is -2.27. The van der Waals surface area contributed by atoms with Crippen LogP contribution in [0.15, 0.2) is 49.7 Å². The van der Waals surface area contributed by atoms with Gasteiger partial charge >= 0.3 is 0 Å². The van der Waals surface area contributed by atoms with Crippen molar-refractivity contribution in [2.24, 2.45) is 0 Å². The molecule has 0 saturated carbocycles. The largest absolute Gasteiger partial charge is 0.380 e. The topological polar surface area (TPSA) is 57.6 Å². The lowest BCUT2D eigenvalue weighted by Gasteiger charge is -2.11. The fourth-order valence-electron chi connectivity index (χ4n) is 1.35. The number of benzene rings is 1. The van der Waals surface area contributed by atoms with E-state index in [1.807, 2.05) is 12.1 Å². The second-order valence-electron chi connectivity index (χ2n) is 3.87. The third-order valence-electron chi connectivity index (χ3n) is 2.45. The number of hydrogen-bond acceptors (Lipinski definition) is 5. The molecule has 20 heavy (non-hydrogen) atoms. The molecule has 1 aromatic heterocycles. The Bertz CT molecular complexity index is 682. The van der Waals surface area contributed by atoms with Crippen molar-refractivity contribution >= 4 is 44.7 Å². The smallest absolute Gasteiger partial charge is 0.254 e. The number of rotatable bonds is 5. The molecule has 8 heteroatoms. The van der Waals surface area contributed by atoms with E-state index in [0.717, 1.165) is 13.4 Å². The number of halogens is 1. The minimum atomic E-state index is -3.60. The number of nitrogens with zero attached hydrogens (tertiary/aromatic N) is 1. The maximum atomic E-state index is 12.0. The van der Waals surface area contributed by atoms with Crippen LogP contribution >= 0.6 is 34.7 Å². The van der Waals surface area contributed by atoms with E-state index in [2.05, 4.69) is 0 Å². The fourth-order valence-corrected chi connectivity index (χ4v) is 5.24. The van der Waals surface area contributed by atoms with Crippen molar-refractivity contribution in [3.63, 3.8) is 0 Å². The van der Waals surface area contributed by atoms with Gasteiger partial charge in [0.15, 0.2) is 0 Å². The fraction of sp³-hybridized carbons (Fsp3) is 0.167. The summed E-state index contributed by atoms with van der Waals surface area (Å²) in [4.78, 5) is 0.982. The highest BCUT2D eigenvalue weighted by Crippen LogP contribution is 2.36. The maximum absolute atomic E-state index is 12.0. The molecule has 0 radical (unpaired) electrons. The Balaban J connectivity index is 2.19. The van der Waals surface area contributed by atoms with Crippen LogP contribution in [0.1, 0.15) is 0 Å². The first kappa shape index (κ1) is 15.8. The van der Waals surface area contributed by atoms with Crippen LogP contribution in [0.25, 0.3) is 0 Å². The third kappa shape index (κ3) is 3.55. The molecule has 1 N–H and O–H groups in total. The molecule has 0 aliphatic rings. The molecular weight excluding hydrogens is 338 g/mol. The summed E-state index contributed by atoms with van der Waals surface area (Å²) < 4.78 is 26.0. The van der Waals surface area contributed by atoms with Crippen LogP contribution < -0.4 is 0 Å². The minimum absolute atomic E-state index is 0.213. The van der Waals surface area contributed by atoms with Gasteiger partial charge in [0.25, 0.3) is 10.0 Å². The van der Waals surface area contributed by atoms with Crippen LogP contribution in [0.5, 0.6) is 0 Å². The van der Waals surface area contributed by atoms with Crippen LogP contribution in [0.4, 0.5) is 0 Å². The molecule has 0 spiro atoms. The van der Waals surface area contributed by atoms with E-state index in [4.69, 9.17) is 16.7 Å². The third-order valence-corrected chi connectivity index (χ3v) is 7.19. The molecule has 4 nitrogen and oxygen atoms in total. The molecule has 0 amide bonds. The maximum Gasteiger partial charge on any atom is 0.254 e. The normalized spacial score (nSPS) is 12.0. The van der Waals surface area contributed by atoms with Gasteiger partial charge in [0, 0.05) is 17.0 Å². The summed E-state index contributed by atoms with van der Waals surface area (Å²) in [6.07, 6.45) is 0. The van der Waals surface area contributed by atoms with Gasteiger partial charge in [0.1, 0.15) is 10.9 Å². The zero-order valence-corrected chi connectivity index (χ0v) is 13.7. The zero-order valence-electron chi connectivity index (χ0n) is 10.5. The molecule has 108 valence electrons. The van der Waals surface area contributed by atoms with Gasteiger partial charge in [-0.2, -0.15) is 4.31 Å². The summed E-state index contributed by atoms with van der Waals surface area (Å²) >= 11 is 8.45. The summed E-state index contributed by atoms with van der Waals surface area (Å²) in [5.74, 6) is 0. The first-order chi connectivity index (χ1) is 9.43. The molecule has 2 aromatic rings. The van der Waals surface area contributed by atoms with E-state index in [1.165, 1.54) is 30.1 Å². The lowest BCUT2D eigenvalue weighted by molar-refractivity contribution is 0.200. The Hall–Kier alpha value is -0.570. The molecule has 0 atom stereocenters. The van der Waals surface area contributed by atoms with Crippen molar-refractivity contribution in [3.8, 4) is 0 Å². The molecular formula is C12H12ClNO3S3. The summed E-state index contributed by atoms with van der Waals surface area (Å²) in [6.45, 7) is -0.542. The molecule has 0 aliphatic carbocycles. The highest BCUT2D eigenvalue weighted by molar-refractivity contribution is 8.01. The van der Waals surface area contributed by atoms with Crippen molar-refractivity contribution in [3.05, 3.63) is 41.4 Å². The van der Waals surface area contributed by atoms with Crippen LogP contribution in [0, 0.1) is 0 Å². The zero-order chi connectivity index (χ0) is 14.8. The van der Waals surface area contributed by atoms with E-state index in [0.29, 0.717) is 5.02 Å². The molecule has 0 aliphatic heterocycles. The van der Waals surface area contributed by atoms with Gasteiger partial charge < -0.3 is 5.11 Å². The predicted molar refractivity (Wildman–Crippen MR) is 81.9 cm³/mol. The Kier molecular flexibility index (Phi) is 5.11. The standard InChI is InChI=1S/C12H12ClNO3S3/c1-14(8-15)20(16,17)12-7-6-11(19-12)18-10-4-2-9(13)3-5-10/h2-7,15H,8H2,1H3. The molecule has 0 fully saturated rings. The summed E-state index contributed by atoms with van der Waals surface area (Å²) in [6, 6.07) is 10.6. The van der Waals surface area contributed by atoms with Gasteiger partial charge in [-0.05, 0) is 36.4 Å². The summed E-state index contributed by atoms with van der Waals surface area (Å²) in [5.41, 5.74) is 0. The highest BCUT2D eigenvalue weighted by atomic mass is 35.5. The van der Waals surface area contributed by atoms with Crippen molar-refractivity contribution < 1.29 is 13.5 Å². The lowest BCUT2D eigenvalue weighted by atomic mass is 10.4. The van der Waals surface area contributed by atoms with E-state index in [9.17, 15) is 8.42 Å². The molecule has 0 bridgehead atoms. The first-order valence-corrected chi connectivity index (χ1v) is 8.99. The van der Waals surface area contributed by atoms with Crippen molar-refractivity contribution in [1.29, 1.82) is 0 Å². The van der Waals surface area contributed by atoms with E-state index >= 15 is 0 Å². The number of aliphatic hydroxyl groups excluding tert-OH is 1. The Morgan fingerprint density at radius 3 is 2.50 bits per heavy atom. The second-order valence-corrected chi connectivity index (χ2v) is 9.04. The highest BCUT2D eigenvalue weighted by Gasteiger charge is 2.22. The van der Waals surface area contributed by atoms with Crippen molar-refractivity contribution in [2.75, 3.05) is 13.8 Å². The molecule has 0 saturated heterocycles. The van der Waals surface area contributed by atoms with Crippen LogP contribution in [-0.4, -0.2) is 31.6 Å². The predicted octanol–water partition coefficient (Wildman–Crippen LogP) is 3.12. The van der Waals surface area contributed by atoms with E-state index in [1.54, 1.807) is 24.3 Å². The number of aliphatic hydroxyl groups is 1. The van der Waals surface area contributed by atoms with Crippen molar-refractivity contribution in [1.82, 2.24) is 4.31 Å². The van der Waals surface area contributed by atoms with Crippen LogP contribution in [0.2, 0.25) is 5.02 Å². The van der Waals surface area contributed by atoms with Gasteiger partial charge in [0.05, 0.1) is 4.21 Å². The SMILES string of the molecule is CN(CO)S(=O)(=O)c1ccc(Sc2ccc(Cl)cc2)s1. The van der Waals surface area contributed by atoms with Crippen LogP contribution in [-0.2, 0) is 10.0 Å². The van der Waals surface area contributed by atoms with Gasteiger partial charge in [-0.25, -0.2) is 8.42 Å². The van der Waals surface area contributed by atoms with E-state index < -0.39 is 16.8 Å². The quantitative estimate of drug-likeness (QED) is 0.842. The first-order valence-electron chi connectivity index (χ1n) is 5.54. The molecule has 0 unspecified atom stereocenters. The molecule has 1 heterocycles.